The summed E-state index contributed by atoms with van der Waals surface area (Å²) >= 11 is 3.34. The van der Waals surface area contributed by atoms with E-state index >= 15 is 0 Å². The summed E-state index contributed by atoms with van der Waals surface area (Å²) in [6.45, 7) is 2.10. The summed E-state index contributed by atoms with van der Waals surface area (Å²) in [5, 5.41) is 0. The molecule has 0 N–H and O–H groups in total. The van der Waals surface area contributed by atoms with Crippen molar-refractivity contribution in [2.45, 2.75) is 12.8 Å². The molecule has 0 radical (unpaired) electrons. The molecule has 0 bridgehead atoms. The van der Waals surface area contributed by atoms with Crippen LogP contribution in [0.4, 0.5) is 4.39 Å². The van der Waals surface area contributed by atoms with E-state index in [0.717, 1.165) is 17.6 Å². The standard InChI is InChI=1S/C11H12BrFN/c12-10-3-4-11(13)9(7-10)8-14-5-1-2-6-14/h3-4,7-8H,1-2,5-6H2/q+1. The molecule has 1 saturated heterocycles. The van der Waals surface area contributed by atoms with Crippen molar-refractivity contribution in [3.63, 3.8) is 0 Å². The second kappa shape index (κ2) is 4.22. The number of benzene rings is 1. The van der Waals surface area contributed by atoms with E-state index in [-0.39, 0.29) is 5.82 Å². The molecule has 1 heterocycles. The predicted molar refractivity (Wildman–Crippen MR) is 58.5 cm³/mol. The number of nitrogens with zero attached hydrogens (tertiary/aromatic N) is 1. The van der Waals surface area contributed by atoms with Crippen LogP contribution in [0.25, 0.3) is 0 Å². The van der Waals surface area contributed by atoms with E-state index in [1.165, 1.54) is 18.9 Å². The Morgan fingerprint density at radius 1 is 1.29 bits per heavy atom. The fraction of sp³-hybridized carbons (Fsp3) is 0.364. The van der Waals surface area contributed by atoms with Gasteiger partial charge in [0.1, 0.15) is 18.9 Å². The van der Waals surface area contributed by atoms with Gasteiger partial charge >= 0.3 is 0 Å². The van der Waals surface area contributed by atoms with E-state index in [4.69, 9.17) is 0 Å². The average Bonchev–Trinajstić information content (AvgIpc) is 2.64. The smallest absolute Gasteiger partial charge is 0.173 e. The topological polar surface area (TPSA) is 3.01 Å². The van der Waals surface area contributed by atoms with E-state index in [9.17, 15) is 4.39 Å². The van der Waals surface area contributed by atoms with E-state index in [1.54, 1.807) is 6.07 Å². The minimum absolute atomic E-state index is 0.153. The van der Waals surface area contributed by atoms with Crippen LogP contribution in [-0.2, 0) is 0 Å². The van der Waals surface area contributed by atoms with Crippen molar-refractivity contribution in [1.82, 2.24) is 0 Å². The first-order chi connectivity index (χ1) is 6.75. The molecule has 3 heteroatoms. The van der Waals surface area contributed by atoms with Crippen molar-refractivity contribution in [3.05, 3.63) is 34.1 Å². The zero-order chi connectivity index (χ0) is 9.97. The van der Waals surface area contributed by atoms with Gasteiger partial charge in [0, 0.05) is 17.3 Å². The highest BCUT2D eigenvalue weighted by Gasteiger charge is 2.13. The summed E-state index contributed by atoms with van der Waals surface area (Å²) in [7, 11) is 0. The molecule has 0 spiro atoms. The van der Waals surface area contributed by atoms with Gasteiger partial charge in [-0.3, -0.25) is 0 Å². The maximum absolute atomic E-state index is 13.3. The SMILES string of the molecule is Fc1ccc(Br)cc1C=[N+]1CCCC1. The van der Waals surface area contributed by atoms with Crippen LogP contribution < -0.4 is 0 Å². The predicted octanol–water partition coefficient (Wildman–Crippen LogP) is 2.81. The van der Waals surface area contributed by atoms with Crippen LogP contribution in [0.5, 0.6) is 0 Å². The van der Waals surface area contributed by atoms with Crippen molar-refractivity contribution in [1.29, 1.82) is 0 Å². The lowest BCUT2D eigenvalue weighted by atomic mass is 10.2. The van der Waals surface area contributed by atoms with Crippen LogP contribution >= 0.6 is 15.9 Å². The quantitative estimate of drug-likeness (QED) is 0.680. The third-order valence-electron chi connectivity index (χ3n) is 2.42. The summed E-state index contributed by atoms with van der Waals surface area (Å²) in [6, 6.07) is 5.02. The summed E-state index contributed by atoms with van der Waals surface area (Å²) < 4.78 is 16.4. The first kappa shape index (κ1) is 9.84. The van der Waals surface area contributed by atoms with Crippen LogP contribution in [0.3, 0.4) is 0 Å². The highest BCUT2D eigenvalue weighted by molar-refractivity contribution is 9.10. The van der Waals surface area contributed by atoms with Gasteiger partial charge in [-0.15, -0.1) is 0 Å². The molecule has 0 aliphatic carbocycles. The molecule has 1 nitrogen and oxygen atoms in total. The van der Waals surface area contributed by atoms with Crippen molar-refractivity contribution >= 4 is 22.1 Å². The number of hydrogen-bond acceptors (Lipinski definition) is 0. The summed E-state index contributed by atoms with van der Waals surface area (Å²) in [5.74, 6) is -0.153. The molecule has 14 heavy (non-hydrogen) atoms. The summed E-state index contributed by atoms with van der Waals surface area (Å²) in [5.41, 5.74) is 0.668. The molecule has 1 aromatic rings. The number of hydrogen-bond donors (Lipinski definition) is 0. The fourth-order valence-corrected chi connectivity index (χ4v) is 2.06. The monoisotopic (exact) mass is 256 g/mol. The Kier molecular flexibility index (Phi) is 2.96. The zero-order valence-corrected chi connectivity index (χ0v) is 9.43. The highest BCUT2D eigenvalue weighted by Crippen LogP contribution is 2.14. The third kappa shape index (κ3) is 2.21. The minimum Gasteiger partial charge on any atom is -0.235 e. The van der Waals surface area contributed by atoms with Gasteiger partial charge in [-0.25, -0.2) is 8.97 Å². The van der Waals surface area contributed by atoms with Crippen molar-refractivity contribution in [2.24, 2.45) is 0 Å². The van der Waals surface area contributed by atoms with Gasteiger partial charge in [0.2, 0.25) is 0 Å². The summed E-state index contributed by atoms with van der Waals surface area (Å²) in [6.07, 6.45) is 4.34. The summed E-state index contributed by atoms with van der Waals surface area (Å²) in [4.78, 5) is 0. The maximum Gasteiger partial charge on any atom is 0.173 e. The molecule has 74 valence electrons. The molecule has 2 rings (SSSR count). The van der Waals surface area contributed by atoms with Crippen LogP contribution in [0.15, 0.2) is 22.7 Å². The molecule has 1 aliphatic heterocycles. The Hall–Kier alpha value is -0.700. The number of rotatable bonds is 1. The van der Waals surface area contributed by atoms with Crippen LogP contribution in [0, 0.1) is 5.82 Å². The lowest BCUT2D eigenvalue weighted by Crippen LogP contribution is -2.09. The number of halogens is 2. The van der Waals surface area contributed by atoms with E-state index in [1.807, 2.05) is 12.3 Å². The maximum atomic E-state index is 13.3. The lowest BCUT2D eigenvalue weighted by Gasteiger charge is -1.97. The first-order valence-corrected chi connectivity index (χ1v) is 5.59. The first-order valence-electron chi connectivity index (χ1n) is 4.80. The molecule has 0 atom stereocenters. The zero-order valence-electron chi connectivity index (χ0n) is 7.84. The molecular formula is C11H12BrFN+. The van der Waals surface area contributed by atoms with Crippen LogP contribution in [0.2, 0.25) is 0 Å². The molecular weight excluding hydrogens is 245 g/mol. The minimum atomic E-state index is -0.153. The molecule has 1 aliphatic rings. The largest absolute Gasteiger partial charge is 0.235 e. The normalized spacial score (nSPS) is 16.0. The highest BCUT2D eigenvalue weighted by atomic mass is 79.9. The second-order valence-electron chi connectivity index (χ2n) is 3.54. The molecule has 0 saturated carbocycles. The van der Waals surface area contributed by atoms with Gasteiger partial charge in [-0.05, 0) is 18.2 Å². The Balaban J connectivity index is 2.31. The van der Waals surface area contributed by atoms with E-state index in [2.05, 4.69) is 20.5 Å². The van der Waals surface area contributed by atoms with Crippen molar-refractivity contribution < 1.29 is 8.97 Å². The van der Waals surface area contributed by atoms with Gasteiger partial charge in [-0.2, -0.15) is 0 Å². The van der Waals surface area contributed by atoms with Crippen LogP contribution in [0.1, 0.15) is 18.4 Å². The Labute approximate surface area is 91.4 Å². The molecule has 0 aromatic heterocycles. The Morgan fingerprint density at radius 2 is 2.00 bits per heavy atom. The van der Waals surface area contributed by atoms with Gasteiger partial charge in [0.25, 0.3) is 0 Å². The molecule has 1 aromatic carbocycles. The third-order valence-corrected chi connectivity index (χ3v) is 2.91. The van der Waals surface area contributed by atoms with Crippen molar-refractivity contribution in [3.8, 4) is 0 Å². The van der Waals surface area contributed by atoms with E-state index < -0.39 is 0 Å². The molecule has 0 unspecified atom stereocenters. The molecule has 0 amide bonds. The van der Waals surface area contributed by atoms with Gasteiger partial charge < -0.3 is 0 Å². The lowest BCUT2D eigenvalue weighted by molar-refractivity contribution is -0.500. The Bertz CT molecular complexity index is 366. The average molecular weight is 257 g/mol. The second-order valence-corrected chi connectivity index (χ2v) is 4.45. The van der Waals surface area contributed by atoms with Gasteiger partial charge in [0.15, 0.2) is 6.21 Å². The molecule has 1 fully saturated rings. The van der Waals surface area contributed by atoms with Gasteiger partial charge in [-0.1, -0.05) is 15.9 Å². The van der Waals surface area contributed by atoms with E-state index in [0.29, 0.717) is 5.56 Å². The fourth-order valence-electron chi connectivity index (χ4n) is 1.68. The van der Waals surface area contributed by atoms with Crippen molar-refractivity contribution in [2.75, 3.05) is 13.1 Å². The Morgan fingerprint density at radius 3 is 2.71 bits per heavy atom. The van der Waals surface area contributed by atoms with Crippen LogP contribution in [-0.4, -0.2) is 23.9 Å². The van der Waals surface area contributed by atoms with Gasteiger partial charge in [0.05, 0.1) is 5.56 Å².